The third kappa shape index (κ3) is 2.06. The maximum absolute atomic E-state index is 5.91. The molecule has 0 bridgehead atoms. The molecule has 0 saturated heterocycles. The van der Waals surface area contributed by atoms with Gasteiger partial charge in [-0.05, 0) is 36.4 Å². The fourth-order valence-electron chi connectivity index (χ4n) is 1.57. The van der Waals surface area contributed by atoms with E-state index in [-0.39, 0.29) is 0 Å². The van der Waals surface area contributed by atoms with Gasteiger partial charge in [0.2, 0.25) is 0 Å². The quantitative estimate of drug-likeness (QED) is 0.874. The number of hydrogen-bond acceptors (Lipinski definition) is 3. The van der Waals surface area contributed by atoms with Gasteiger partial charge >= 0.3 is 0 Å². The number of nitrogens with two attached hydrogens (primary N) is 1. The molecule has 0 aliphatic carbocycles. The molecule has 0 aromatic carbocycles. The van der Waals surface area contributed by atoms with E-state index in [9.17, 15) is 0 Å². The molecule has 0 radical (unpaired) electrons. The second kappa shape index (κ2) is 4.44. The molecule has 0 spiro atoms. The maximum Gasteiger partial charge on any atom is 0.135 e. The van der Waals surface area contributed by atoms with E-state index in [1.54, 1.807) is 10.9 Å². The summed E-state index contributed by atoms with van der Waals surface area (Å²) in [7, 11) is 0. The number of halogens is 1. The summed E-state index contributed by atoms with van der Waals surface area (Å²) in [4.78, 5) is 4.16. The summed E-state index contributed by atoms with van der Waals surface area (Å²) in [5.74, 6) is 0.706. The van der Waals surface area contributed by atoms with Crippen molar-refractivity contribution in [2.24, 2.45) is 0 Å². The standard InChI is InChI=1S/C10H14IN5/c1-7(2)15-6-13-3-8(15)5-16-10(12)9(11)4-14-16/h3-4,6-7H,5,12H2,1-2H3. The minimum atomic E-state index is 0.397. The van der Waals surface area contributed by atoms with Crippen molar-refractivity contribution in [2.75, 3.05) is 5.73 Å². The lowest BCUT2D eigenvalue weighted by Gasteiger charge is -2.12. The summed E-state index contributed by atoms with van der Waals surface area (Å²) in [6.45, 7) is 4.91. The maximum atomic E-state index is 5.91. The van der Waals surface area contributed by atoms with Crippen LogP contribution in [0.3, 0.4) is 0 Å². The number of anilines is 1. The molecule has 5 nitrogen and oxygen atoms in total. The van der Waals surface area contributed by atoms with Crippen LogP contribution in [-0.2, 0) is 6.54 Å². The Labute approximate surface area is 108 Å². The zero-order chi connectivity index (χ0) is 11.7. The predicted molar refractivity (Wildman–Crippen MR) is 71.1 cm³/mol. The molecule has 2 aromatic heterocycles. The van der Waals surface area contributed by atoms with E-state index in [4.69, 9.17) is 5.73 Å². The van der Waals surface area contributed by atoms with Crippen LogP contribution < -0.4 is 5.73 Å². The Balaban J connectivity index is 2.27. The Bertz CT molecular complexity index is 485. The first kappa shape index (κ1) is 11.4. The Morgan fingerprint density at radius 3 is 2.75 bits per heavy atom. The van der Waals surface area contributed by atoms with Crippen LogP contribution in [0, 0.1) is 3.57 Å². The fraction of sp³-hybridized carbons (Fsp3) is 0.400. The zero-order valence-corrected chi connectivity index (χ0v) is 11.4. The van der Waals surface area contributed by atoms with Crippen molar-refractivity contribution in [1.29, 1.82) is 0 Å². The fourth-order valence-corrected chi connectivity index (χ4v) is 1.97. The van der Waals surface area contributed by atoms with Crippen molar-refractivity contribution in [3.05, 3.63) is 28.0 Å². The second-order valence-electron chi connectivity index (χ2n) is 3.92. The molecule has 0 aliphatic rings. The molecule has 0 unspecified atom stereocenters. The highest BCUT2D eigenvalue weighted by molar-refractivity contribution is 14.1. The van der Waals surface area contributed by atoms with Crippen LogP contribution in [-0.4, -0.2) is 19.3 Å². The molecular weight excluding hydrogens is 317 g/mol. The SMILES string of the molecule is CC(C)n1cncc1Cn1ncc(I)c1N. The molecule has 0 saturated carbocycles. The average molecular weight is 331 g/mol. The van der Waals surface area contributed by atoms with Gasteiger partial charge in [0.25, 0.3) is 0 Å². The van der Waals surface area contributed by atoms with Gasteiger partial charge in [-0.3, -0.25) is 0 Å². The summed E-state index contributed by atoms with van der Waals surface area (Å²) in [6.07, 6.45) is 5.46. The van der Waals surface area contributed by atoms with E-state index < -0.39 is 0 Å². The number of imidazole rings is 1. The first-order chi connectivity index (χ1) is 7.59. The lowest BCUT2D eigenvalue weighted by molar-refractivity contribution is 0.550. The number of aromatic nitrogens is 4. The van der Waals surface area contributed by atoms with Crippen LogP contribution in [0.2, 0.25) is 0 Å². The summed E-state index contributed by atoms with van der Waals surface area (Å²) < 4.78 is 4.89. The van der Waals surface area contributed by atoms with E-state index in [1.807, 2.05) is 12.5 Å². The molecule has 6 heteroatoms. The normalized spacial score (nSPS) is 11.2. The third-order valence-corrected chi connectivity index (χ3v) is 3.28. The molecule has 2 heterocycles. The highest BCUT2D eigenvalue weighted by atomic mass is 127. The van der Waals surface area contributed by atoms with Crippen molar-refractivity contribution in [3.8, 4) is 0 Å². The summed E-state index contributed by atoms with van der Waals surface area (Å²) in [5, 5.41) is 4.23. The van der Waals surface area contributed by atoms with E-state index in [0.717, 1.165) is 9.26 Å². The minimum Gasteiger partial charge on any atom is -0.383 e. The summed E-state index contributed by atoms with van der Waals surface area (Å²) in [5.41, 5.74) is 7.02. The van der Waals surface area contributed by atoms with Crippen LogP contribution in [0.25, 0.3) is 0 Å². The Morgan fingerprint density at radius 2 is 2.19 bits per heavy atom. The number of rotatable bonds is 3. The molecule has 0 fully saturated rings. The number of nitrogens with zero attached hydrogens (tertiary/aromatic N) is 4. The minimum absolute atomic E-state index is 0.397. The average Bonchev–Trinajstić information content (AvgIpc) is 2.80. The van der Waals surface area contributed by atoms with Gasteiger partial charge in [0.1, 0.15) is 5.82 Å². The molecule has 2 rings (SSSR count). The first-order valence-corrected chi connectivity index (χ1v) is 6.15. The molecule has 86 valence electrons. The number of hydrogen-bond donors (Lipinski definition) is 1. The van der Waals surface area contributed by atoms with Crippen molar-refractivity contribution in [2.45, 2.75) is 26.4 Å². The van der Waals surface area contributed by atoms with Gasteiger partial charge in [-0.2, -0.15) is 5.10 Å². The molecule has 16 heavy (non-hydrogen) atoms. The van der Waals surface area contributed by atoms with Crippen LogP contribution in [0.4, 0.5) is 5.82 Å². The van der Waals surface area contributed by atoms with E-state index in [2.05, 4.69) is 51.1 Å². The largest absolute Gasteiger partial charge is 0.383 e. The van der Waals surface area contributed by atoms with E-state index in [0.29, 0.717) is 18.4 Å². The number of nitrogen functional groups attached to an aromatic ring is 1. The molecule has 0 atom stereocenters. The molecule has 0 amide bonds. The van der Waals surface area contributed by atoms with Gasteiger partial charge in [-0.15, -0.1) is 0 Å². The Morgan fingerprint density at radius 1 is 1.44 bits per heavy atom. The van der Waals surface area contributed by atoms with Crippen LogP contribution in [0.1, 0.15) is 25.6 Å². The van der Waals surface area contributed by atoms with Gasteiger partial charge in [0.15, 0.2) is 0 Å². The van der Waals surface area contributed by atoms with E-state index >= 15 is 0 Å². The van der Waals surface area contributed by atoms with Gasteiger partial charge < -0.3 is 10.3 Å². The lowest BCUT2D eigenvalue weighted by atomic mass is 10.3. The smallest absolute Gasteiger partial charge is 0.135 e. The Kier molecular flexibility index (Phi) is 3.17. The first-order valence-electron chi connectivity index (χ1n) is 5.07. The van der Waals surface area contributed by atoms with Crippen molar-refractivity contribution in [3.63, 3.8) is 0 Å². The van der Waals surface area contributed by atoms with Crippen molar-refractivity contribution < 1.29 is 0 Å². The lowest BCUT2D eigenvalue weighted by Crippen LogP contribution is -2.11. The molecular formula is C10H14IN5. The van der Waals surface area contributed by atoms with Crippen LogP contribution in [0.5, 0.6) is 0 Å². The van der Waals surface area contributed by atoms with Gasteiger partial charge in [0.05, 0.1) is 34.5 Å². The molecule has 0 aliphatic heterocycles. The zero-order valence-electron chi connectivity index (χ0n) is 9.26. The third-order valence-electron chi connectivity index (χ3n) is 2.45. The van der Waals surface area contributed by atoms with Gasteiger partial charge in [-0.25, -0.2) is 9.67 Å². The summed E-state index contributed by atoms with van der Waals surface area (Å²) >= 11 is 2.18. The van der Waals surface area contributed by atoms with Crippen LogP contribution in [0.15, 0.2) is 18.7 Å². The van der Waals surface area contributed by atoms with E-state index in [1.165, 1.54) is 0 Å². The molecule has 2 aromatic rings. The highest BCUT2D eigenvalue weighted by Crippen LogP contribution is 2.16. The van der Waals surface area contributed by atoms with Crippen LogP contribution >= 0.6 is 22.6 Å². The monoisotopic (exact) mass is 331 g/mol. The van der Waals surface area contributed by atoms with Crippen molar-refractivity contribution >= 4 is 28.4 Å². The topological polar surface area (TPSA) is 61.7 Å². The second-order valence-corrected chi connectivity index (χ2v) is 5.08. The molecule has 2 N–H and O–H groups in total. The predicted octanol–water partition coefficient (Wildman–Crippen LogP) is 1.90. The summed E-state index contributed by atoms with van der Waals surface area (Å²) in [6, 6.07) is 0.397. The van der Waals surface area contributed by atoms with Gasteiger partial charge in [-0.1, -0.05) is 0 Å². The van der Waals surface area contributed by atoms with Crippen molar-refractivity contribution in [1.82, 2.24) is 19.3 Å². The Hall–Kier alpha value is -1.05. The van der Waals surface area contributed by atoms with Gasteiger partial charge in [0, 0.05) is 6.04 Å². The highest BCUT2D eigenvalue weighted by Gasteiger charge is 2.09.